The molecule has 1 aromatic carbocycles. The maximum Gasteiger partial charge on any atom is 0.317 e. The van der Waals surface area contributed by atoms with Gasteiger partial charge in [0.15, 0.2) is 0 Å². The fraction of sp³-hybridized carbons (Fsp3) is 0.588. The Kier molecular flexibility index (Phi) is 6.05. The lowest BCUT2D eigenvalue weighted by molar-refractivity contribution is 0.131. The van der Waals surface area contributed by atoms with Gasteiger partial charge >= 0.3 is 6.03 Å². The van der Waals surface area contributed by atoms with Gasteiger partial charge in [0, 0.05) is 25.7 Å². The molecule has 1 heterocycles. The van der Waals surface area contributed by atoms with E-state index < -0.39 is 0 Å². The van der Waals surface area contributed by atoms with Crippen molar-refractivity contribution in [3.63, 3.8) is 0 Å². The van der Waals surface area contributed by atoms with E-state index in [2.05, 4.69) is 24.4 Å². The number of aryl methyl sites for hydroxylation is 1. The zero-order chi connectivity index (χ0) is 15.1. The highest BCUT2D eigenvalue weighted by atomic mass is 16.3. The van der Waals surface area contributed by atoms with Crippen LogP contribution in [0.3, 0.4) is 0 Å². The third-order valence-electron chi connectivity index (χ3n) is 4.28. The molecule has 0 aromatic heterocycles. The Morgan fingerprint density at radius 2 is 2.10 bits per heavy atom. The summed E-state index contributed by atoms with van der Waals surface area (Å²) in [6.45, 7) is 3.65. The predicted octanol–water partition coefficient (Wildman–Crippen LogP) is 2.70. The maximum absolute atomic E-state index is 12.4. The summed E-state index contributed by atoms with van der Waals surface area (Å²) in [5.41, 5.74) is 2.47. The van der Waals surface area contributed by atoms with Gasteiger partial charge in [-0.3, -0.25) is 0 Å². The average Bonchev–Trinajstić information content (AvgIpc) is 2.53. The number of hydrogen-bond donors (Lipinski definition) is 2. The van der Waals surface area contributed by atoms with Gasteiger partial charge in [-0.15, -0.1) is 0 Å². The van der Waals surface area contributed by atoms with E-state index in [9.17, 15) is 4.79 Å². The van der Waals surface area contributed by atoms with Crippen LogP contribution in [-0.4, -0.2) is 35.2 Å². The fourth-order valence-corrected chi connectivity index (χ4v) is 3.06. The van der Waals surface area contributed by atoms with Gasteiger partial charge in [0.2, 0.25) is 0 Å². The molecule has 2 N–H and O–H groups in total. The van der Waals surface area contributed by atoms with Crippen LogP contribution in [-0.2, 0) is 13.0 Å². The highest BCUT2D eigenvalue weighted by molar-refractivity contribution is 5.74. The summed E-state index contributed by atoms with van der Waals surface area (Å²) < 4.78 is 0. The van der Waals surface area contributed by atoms with Crippen LogP contribution in [0.4, 0.5) is 4.79 Å². The molecule has 1 saturated heterocycles. The lowest BCUT2D eigenvalue weighted by Gasteiger charge is -2.35. The number of urea groups is 1. The summed E-state index contributed by atoms with van der Waals surface area (Å²) >= 11 is 0. The van der Waals surface area contributed by atoms with Crippen LogP contribution in [0.15, 0.2) is 24.3 Å². The average molecular weight is 290 g/mol. The number of aliphatic hydroxyl groups excluding tert-OH is 1. The number of benzene rings is 1. The second kappa shape index (κ2) is 8.03. The quantitative estimate of drug-likeness (QED) is 0.876. The third-order valence-corrected chi connectivity index (χ3v) is 4.28. The molecule has 1 fully saturated rings. The van der Waals surface area contributed by atoms with E-state index in [0.717, 1.165) is 32.2 Å². The van der Waals surface area contributed by atoms with Crippen molar-refractivity contribution >= 4 is 6.03 Å². The highest BCUT2D eigenvalue weighted by Gasteiger charge is 2.25. The van der Waals surface area contributed by atoms with Crippen LogP contribution in [0, 0.1) is 0 Å². The molecule has 0 saturated carbocycles. The van der Waals surface area contributed by atoms with Crippen LogP contribution >= 0.6 is 0 Å². The second-order valence-electron chi connectivity index (χ2n) is 5.64. The SMILES string of the molecule is CCc1ccccc1CNC(=O)N1CCCCC1CCO. The second-order valence-corrected chi connectivity index (χ2v) is 5.64. The van der Waals surface area contributed by atoms with Gasteiger partial charge in [0.25, 0.3) is 0 Å². The lowest BCUT2D eigenvalue weighted by Crippen LogP contribution is -2.48. The number of hydrogen-bond acceptors (Lipinski definition) is 2. The molecule has 1 aliphatic rings. The summed E-state index contributed by atoms with van der Waals surface area (Å²) in [6.07, 6.45) is 4.86. The topological polar surface area (TPSA) is 52.6 Å². The summed E-state index contributed by atoms with van der Waals surface area (Å²) in [5, 5.41) is 12.2. The monoisotopic (exact) mass is 290 g/mol. The van der Waals surface area contributed by atoms with Gasteiger partial charge in [-0.25, -0.2) is 4.79 Å². The molecule has 0 aliphatic carbocycles. The molecular formula is C17H26N2O2. The van der Waals surface area contributed by atoms with Crippen LogP contribution < -0.4 is 5.32 Å². The Morgan fingerprint density at radius 3 is 2.81 bits per heavy atom. The predicted molar refractivity (Wildman–Crippen MR) is 84.1 cm³/mol. The minimum Gasteiger partial charge on any atom is -0.396 e. The third kappa shape index (κ3) is 4.21. The van der Waals surface area contributed by atoms with Crippen molar-refractivity contribution in [1.29, 1.82) is 0 Å². The number of carbonyl (C=O) groups excluding carboxylic acids is 1. The van der Waals surface area contributed by atoms with Gasteiger partial charge in [-0.1, -0.05) is 31.2 Å². The molecule has 0 radical (unpaired) electrons. The molecule has 0 spiro atoms. The van der Waals surface area contributed by atoms with Crippen molar-refractivity contribution in [3.05, 3.63) is 35.4 Å². The largest absolute Gasteiger partial charge is 0.396 e. The van der Waals surface area contributed by atoms with Gasteiger partial charge < -0.3 is 15.3 Å². The summed E-state index contributed by atoms with van der Waals surface area (Å²) in [4.78, 5) is 14.3. The summed E-state index contributed by atoms with van der Waals surface area (Å²) in [7, 11) is 0. The summed E-state index contributed by atoms with van der Waals surface area (Å²) in [6, 6.07) is 8.41. The fourth-order valence-electron chi connectivity index (χ4n) is 3.06. The molecule has 4 heteroatoms. The maximum atomic E-state index is 12.4. The Morgan fingerprint density at radius 1 is 1.33 bits per heavy atom. The highest BCUT2D eigenvalue weighted by Crippen LogP contribution is 2.19. The van der Waals surface area contributed by atoms with Crippen molar-refractivity contribution in [3.8, 4) is 0 Å². The van der Waals surface area contributed by atoms with Gasteiger partial charge in [-0.05, 0) is 43.2 Å². The molecule has 1 aromatic rings. The first-order chi connectivity index (χ1) is 10.3. The molecule has 1 unspecified atom stereocenters. The van der Waals surface area contributed by atoms with E-state index in [1.54, 1.807) is 0 Å². The number of likely N-dealkylation sites (tertiary alicyclic amines) is 1. The van der Waals surface area contributed by atoms with Crippen LogP contribution in [0.5, 0.6) is 0 Å². The molecule has 1 aliphatic heterocycles. The van der Waals surface area contributed by atoms with Gasteiger partial charge in [0.05, 0.1) is 0 Å². The Hall–Kier alpha value is -1.55. The number of carbonyl (C=O) groups is 1. The normalized spacial score (nSPS) is 18.6. The van der Waals surface area contributed by atoms with E-state index in [1.165, 1.54) is 11.1 Å². The molecule has 0 bridgehead atoms. The first-order valence-corrected chi connectivity index (χ1v) is 7.98. The summed E-state index contributed by atoms with van der Waals surface area (Å²) in [5.74, 6) is 0. The molecule has 21 heavy (non-hydrogen) atoms. The molecule has 2 amide bonds. The van der Waals surface area contributed by atoms with Crippen LogP contribution in [0.2, 0.25) is 0 Å². The van der Waals surface area contributed by atoms with Crippen molar-refractivity contribution in [2.45, 2.75) is 51.6 Å². The first-order valence-electron chi connectivity index (χ1n) is 7.98. The molecular weight excluding hydrogens is 264 g/mol. The van der Waals surface area contributed by atoms with Crippen molar-refractivity contribution < 1.29 is 9.90 Å². The zero-order valence-electron chi connectivity index (χ0n) is 12.8. The van der Waals surface area contributed by atoms with E-state index in [4.69, 9.17) is 5.11 Å². The minimum absolute atomic E-state index is 0.000874. The van der Waals surface area contributed by atoms with Crippen molar-refractivity contribution in [2.24, 2.45) is 0 Å². The van der Waals surface area contributed by atoms with Crippen molar-refractivity contribution in [2.75, 3.05) is 13.2 Å². The number of aliphatic hydroxyl groups is 1. The molecule has 1 atom stereocenters. The molecule has 116 valence electrons. The van der Waals surface area contributed by atoms with E-state index >= 15 is 0 Å². The van der Waals surface area contributed by atoms with E-state index in [-0.39, 0.29) is 18.7 Å². The zero-order valence-corrected chi connectivity index (χ0v) is 12.8. The number of piperidine rings is 1. The van der Waals surface area contributed by atoms with Crippen LogP contribution in [0.25, 0.3) is 0 Å². The van der Waals surface area contributed by atoms with Gasteiger partial charge in [0.1, 0.15) is 0 Å². The number of nitrogens with one attached hydrogen (secondary N) is 1. The number of amides is 2. The standard InChI is InChI=1S/C17H26N2O2/c1-2-14-7-3-4-8-15(14)13-18-17(21)19-11-6-5-9-16(19)10-12-20/h3-4,7-8,16,20H,2,5-6,9-13H2,1H3,(H,18,21). The van der Waals surface area contributed by atoms with Crippen molar-refractivity contribution in [1.82, 2.24) is 10.2 Å². The Bertz CT molecular complexity index is 460. The number of rotatable bonds is 5. The van der Waals surface area contributed by atoms with Gasteiger partial charge in [-0.2, -0.15) is 0 Å². The van der Waals surface area contributed by atoms with E-state index in [0.29, 0.717) is 13.0 Å². The first kappa shape index (κ1) is 15.8. The Balaban J connectivity index is 1.94. The van der Waals surface area contributed by atoms with E-state index in [1.807, 2.05) is 17.0 Å². The minimum atomic E-state index is -0.000874. The lowest BCUT2D eigenvalue weighted by atomic mass is 10.00. The molecule has 2 rings (SSSR count). The molecule has 4 nitrogen and oxygen atoms in total. The number of nitrogens with zero attached hydrogens (tertiary/aromatic N) is 1. The smallest absolute Gasteiger partial charge is 0.317 e. The van der Waals surface area contributed by atoms with Crippen LogP contribution in [0.1, 0.15) is 43.7 Å². The Labute approximate surface area is 127 Å².